The van der Waals surface area contributed by atoms with Crippen LogP contribution in [-0.2, 0) is 14.4 Å². The zero-order valence-corrected chi connectivity index (χ0v) is 15.6. The van der Waals surface area contributed by atoms with Gasteiger partial charge >= 0.3 is 11.8 Å². The minimum Gasteiger partial charge on any atom is -0.383 e. The second-order valence-electron chi connectivity index (χ2n) is 6.94. The molecule has 0 spiro atoms. The Morgan fingerprint density at radius 1 is 1.18 bits per heavy atom. The van der Waals surface area contributed by atoms with Gasteiger partial charge in [0, 0.05) is 6.54 Å². The summed E-state index contributed by atoms with van der Waals surface area (Å²) in [5.41, 5.74) is 13.1. The molecule has 3 amide bonds. The van der Waals surface area contributed by atoms with E-state index in [4.69, 9.17) is 11.5 Å². The molecule has 1 aliphatic heterocycles. The molecule has 0 aliphatic carbocycles. The number of carbonyl (C=O) groups is 3. The number of anilines is 2. The Kier molecular flexibility index (Phi) is 5.58. The lowest BCUT2D eigenvalue weighted by atomic mass is 9.88. The molecule has 2 aromatic rings. The number of nitrogens with one attached hydrogen (secondary N) is 1. The molecule has 8 heteroatoms. The maximum Gasteiger partial charge on any atom is 0.313 e. The van der Waals surface area contributed by atoms with Gasteiger partial charge in [0.05, 0.1) is 23.8 Å². The number of likely N-dealkylation sites (tertiary alicyclic amines) is 1. The quantitative estimate of drug-likeness (QED) is 0.691. The Morgan fingerprint density at radius 3 is 2.54 bits per heavy atom. The largest absolute Gasteiger partial charge is 0.383 e. The average molecular weight is 381 g/mol. The molecular weight excluding hydrogens is 358 g/mol. The second kappa shape index (κ2) is 8.08. The number of rotatable bonds is 3. The van der Waals surface area contributed by atoms with E-state index < -0.39 is 23.6 Å². The average Bonchev–Trinajstić information content (AvgIpc) is 2.70. The van der Waals surface area contributed by atoms with Crippen LogP contribution in [0.3, 0.4) is 0 Å². The normalized spacial score (nSPS) is 19.1. The van der Waals surface area contributed by atoms with E-state index in [-0.39, 0.29) is 12.6 Å². The van der Waals surface area contributed by atoms with Crippen LogP contribution in [0.4, 0.5) is 11.5 Å². The molecular formula is C20H23N5O3. The van der Waals surface area contributed by atoms with Crippen molar-refractivity contribution >= 4 is 29.2 Å². The molecule has 1 aromatic heterocycles. The van der Waals surface area contributed by atoms with Crippen molar-refractivity contribution in [1.82, 2.24) is 9.88 Å². The van der Waals surface area contributed by atoms with E-state index in [0.717, 1.165) is 5.56 Å². The third-order valence-electron chi connectivity index (χ3n) is 5.00. The van der Waals surface area contributed by atoms with E-state index >= 15 is 0 Å². The minimum atomic E-state index is -0.794. The van der Waals surface area contributed by atoms with Crippen molar-refractivity contribution < 1.29 is 14.4 Å². The van der Waals surface area contributed by atoms with E-state index in [2.05, 4.69) is 10.3 Å². The monoisotopic (exact) mass is 381 g/mol. The third kappa shape index (κ3) is 4.11. The van der Waals surface area contributed by atoms with Gasteiger partial charge in [0.25, 0.3) is 0 Å². The maximum absolute atomic E-state index is 12.9. The third-order valence-corrected chi connectivity index (χ3v) is 5.00. The van der Waals surface area contributed by atoms with E-state index in [9.17, 15) is 14.4 Å². The molecule has 8 nitrogen and oxygen atoms in total. The van der Waals surface area contributed by atoms with Crippen molar-refractivity contribution in [3.63, 3.8) is 0 Å². The van der Waals surface area contributed by atoms with E-state index in [1.807, 2.05) is 30.3 Å². The van der Waals surface area contributed by atoms with E-state index in [1.54, 1.807) is 13.0 Å². The zero-order chi connectivity index (χ0) is 20.3. The number of aromatic nitrogens is 1. The van der Waals surface area contributed by atoms with E-state index in [0.29, 0.717) is 29.9 Å². The molecule has 1 aromatic carbocycles. The SMILES string of the molecule is Cc1cc(NC(=O)C(=O)N2CC(C(N)=O)CC[C@@H]2c2ccccc2)cnc1N. The van der Waals surface area contributed by atoms with Crippen LogP contribution in [0.5, 0.6) is 0 Å². The molecule has 0 bridgehead atoms. The molecule has 2 atom stereocenters. The molecule has 146 valence electrons. The first-order valence-electron chi connectivity index (χ1n) is 9.05. The first kappa shape index (κ1) is 19.3. The molecule has 28 heavy (non-hydrogen) atoms. The molecule has 0 saturated carbocycles. The number of hydrogen-bond acceptors (Lipinski definition) is 5. The Morgan fingerprint density at radius 2 is 1.89 bits per heavy atom. The standard InChI is InChI=1S/C20H23N5O3/c1-12-9-15(10-23-17(12)21)24-19(27)20(28)25-11-14(18(22)26)7-8-16(25)13-5-3-2-4-6-13/h2-6,9-10,14,16H,7-8,11H2,1H3,(H2,21,23)(H2,22,26)(H,24,27)/t14?,16-/m1/s1. The van der Waals surface area contributed by atoms with Crippen LogP contribution in [0.15, 0.2) is 42.6 Å². The Labute approximate surface area is 162 Å². The van der Waals surface area contributed by atoms with Crippen molar-refractivity contribution in [3.05, 3.63) is 53.7 Å². The summed E-state index contributed by atoms with van der Waals surface area (Å²) in [7, 11) is 0. The van der Waals surface area contributed by atoms with Gasteiger partial charge in [-0.2, -0.15) is 0 Å². The summed E-state index contributed by atoms with van der Waals surface area (Å²) in [6.07, 6.45) is 2.52. The molecule has 3 rings (SSSR count). The predicted molar refractivity (Wildman–Crippen MR) is 105 cm³/mol. The lowest BCUT2D eigenvalue weighted by Gasteiger charge is -2.38. The van der Waals surface area contributed by atoms with Gasteiger partial charge in [-0.25, -0.2) is 4.98 Å². The van der Waals surface area contributed by atoms with Crippen molar-refractivity contribution in [3.8, 4) is 0 Å². The molecule has 2 heterocycles. The van der Waals surface area contributed by atoms with Crippen LogP contribution in [0.2, 0.25) is 0 Å². The van der Waals surface area contributed by atoms with Crippen molar-refractivity contribution in [1.29, 1.82) is 0 Å². The minimum absolute atomic E-state index is 0.111. The number of aryl methyl sites for hydroxylation is 1. The lowest BCUT2D eigenvalue weighted by Crippen LogP contribution is -2.49. The molecule has 1 saturated heterocycles. The van der Waals surface area contributed by atoms with Crippen LogP contribution < -0.4 is 16.8 Å². The summed E-state index contributed by atoms with van der Waals surface area (Å²) < 4.78 is 0. The molecule has 1 unspecified atom stereocenters. The summed E-state index contributed by atoms with van der Waals surface area (Å²) in [6, 6.07) is 10.8. The van der Waals surface area contributed by atoms with Gasteiger partial charge in [-0.3, -0.25) is 14.4 Å². The maximum atomic E-state index is 12.9. The smallest absolute Gasteiger partial charge is 0.313 e. The fraction of sp³-hybridized carbons (Fsp3) is 0.300. The van der Waals surface area contributed by atoms with Crippen LogP contribution in [-0.4, -0.2) is 34.2 Å². The fourth-order valence-electron chi connectivity index (χ4n) is 3.42. The summed E-state index contributed by atoms with van der Waals surface area (Å²) >= 11 is 0. The van der Waals surface area contributed by atoms with Crippen LogP contribution >= 0.6 is 0 Å². The highest BCUT2D eigenvalue weighted by Gasteiger charge is 2.37. The Bertz CT molecular complexity index is 900. The zero-order valence-electron chi connectivity index (χ0n) is 15.6. The lowest BCUT2D eigenvalue weighted by molar-refractivity contribution is -0.147. The van der Waals surface area contributed by atoms with Crippen LogP contribution in [0.25, 0.3) is 0 Å². The number of pyridine rings is 1. The number of nitrogens with two attached hydrogens (primary N) is 2. The Hall–Kier alpha value is -3.42. The molecule has 0 radical (unpaired) electrons. The van der Waals surface area contributed by atoms with Gasteiger partial charge < -0.3 is 21.7 Å². The van der Waals surface area contributed by atoms with Crippen LogP contribution in [0.1, 0.15) is 30.0 Å². The van der Waals surface area contributed by atoms with Crippen LogP contribution in [0, 0.1) is 12.8 Å². The first-order valence-corrected chi connectivity index (χ1v) is 9.05. The number of nitrogens with zero attached hydrogens (tertiary/aromatic N) is 2. The molecule has 5 N–H and O–H groups in total. The number of nitrogen functional groups attached to an aromatic ring is 1. The number of benzene rings is 1. The highest BCUT2D eigenvalue weighted by Crippen LogP contribution is 2.33. The van der Waals surface area contributed by atoms with Crippen molar-refractivity contribution in [2.24, 2.45) is 11.7 Å². The summed E-state index contributed by atoms with van der Waals surface area (Å²) in [5, 5.41) is 2.56. The number of amides is 3. The van der Waals surface area contributed by atoms with Gasteiger partial charge in [-0.15, -0.1) is 0 Å². The number of primary amides is 1. The number of piperidine rings is 1. The molecule has 1 aliphatic rings. The first-order chi connectivity index (χ1) is 13.4. The predicted octanol–water partition coefficient (Wildman–Crippen LogP) is 1.38. The number of carbonyl (C=O) groups excluding carboxylic acids is 3. The molecule has 1 fully saturated rings. The highest BCUT2D eigenvalue weighted by atomic mass is 16.2. The van der Waals surface area contributed by atoms with Gasteiger partial charge in [-0.1, -0.05) is 30.3 Å². The van der Waals surface area contributed by atoms with Gasteiger partial charge in [0.15, 0.2) is 0 Å². The van der Waals surface area contributed by atoms with Gasteiger partial charge in [-0.05, 0) is 37.0 Å². The van der Waals surface area contributed by atoms with Gasteiger partial charge in [0.1, 0.15) is 5.82 Å². The summed E-state index contributed by atoms with van der Waals surface area (Å²) in [6.45, 7) is 1.87. The Balaban J connectivity index is 1.82. The number of hydrogen-bond donors (Lipinski definition) is 3. The van der Waals surface area contributed by atoms with Gasteiger partial charge in [0.2, 0.25) is 5.91 Å². The fourth-order valence-corrected chi connectivity index (χ4v) is 3.42. The summed E-state index contributed by atoms with van der Waals surface area (Å²) in [4.78, 5) is 42.6. The highest BCUT2D eigenvalue weighted by molar-refractivity contribution is 6.39. The van der Waals surface area contributed by atoms with Crippen molar-refractivity contribution in [2.75, 3.05) is 17.6 Å². The topological polar surface area (TPSA) is 131 Å². The summed E-state index contributed by atoms with van der Waals surface area (Å²) in [5.74, 6) is -2.10. The van der Waals surface area contributed by atoms with Crippen molar-refractivity contribution in [2.45, 2.75) is 25.8 Å². The second-order valence-corrected chi connectivity index (χ2v) is 6.94. The van der Waals surface area contributed by atoms with E-state index in [1.165, 1.54) is 11.1 Å².